The number of hydrogen-bond acceptors (Lipinski definition) is 3. The van der Waals surface area contributed by atoms with E-state index in [4.69, 9.17) is 5.10 Å². The van der Waals surface area contributed by atoms with Crippen molar-refractivity contribution in [2.45, 2.75) is 39.0 Å². The molecule has 2 aromatic carbocycles. The molecule has 4 heteroatoms. The van der Waals surface area contributed by atoms with Crippen molar-refractivity contribution in [1.82, 2.24) is 4.68 Å². The predicted molar refractivity (Wildman–Crippen MR) is 107 cm³/mol. The van der Waals surface area contributed by atoms with Gasteiger partial charge in [-0.2, -0.15) is 5.10 Å². The normalized spacial score (nSPS) is 15.7. The minimum absolute atomic E-state index is 0.778. The molecule has 0 N–H and O–H groups in total. The predicted octanol–water partition coefficient (Wildman–Crippen LogP) is 5.46. The van der Waals surface area contributed by atoms with E-state index in [0.717, 1.165) is 29.9 Å². The smallest absolute Gasteiger partial charge is 0.206 e. The van der Waals surface area contributed by atoms with Gasteiger partial charge in [-0.25, -0.2) is 4.68 Å². The number of hydrogen-bond donors (Lipinski definition) is 0. The second-order valence-corrected chi connectivity index (χ2v) is 7.28. The molecule has 1 aliphatic carbocycles. The van der Waals surface area contributed by atoms with E-state index in [1.165, 1.54) is 41.3 Å². The maximum atomic E-state index is 5.03. The van der Waals surface area contributed by atoms with Crippen LogP contribution in [0.25, 0.3) is 22.0 Å². The van der Waals surface area contributed by atoms with Crippen LogP contribution in [0, 0.1) is 0 Å². The van der Waals surface area contributed by atoms with Crippen molar-refractivity contribution in [3.8, 4) is 11.3 Å². The largest absolute Gasteiger partial charge is 0.258 e. The van der Waals surface area contributed by atoms with E-state index in [1.54, 1.807) is 11.3 Å². The fourth-order valence-electron chi connectivity index (χ4n) is 3.48. The van der Waals surface area contributed by atoms with Gasteiger partial charge in [0.1, 0.15) is 0 Å². The number of nitrogens with zero attached hydrogens (tertiary/aromatic N) is 3. The summed E-state index contributed by atoms with van der Waals surface area (Å²) >= 11 is 1.68. The summed E-state index contributed by atoms with van der Waals surface area (Å²) in [5, 5.41) is 9.76. The fraction of sp³-hybridized carbons (Fsp3) is 0.333. The van der Waals surface area contributed by atoms with Gasteiger partial charge in [-0.1, -0.05) is 48.9 Å². The Morgan fingerprint density at radius 3 is 2.64 bits per heavy atom. The van der Waals surface area contributed by atoms with Crippen molar-refractivity contribution in [1.29, 1.82) is 0 Å². The van der Waals surface area contributed by atoms with E-state index in [9.17, 15) is 0 Å². The lowest BCUT2D eigenvalue weighted by atomic mass is 9.99. The van der Waals surface area contributed by atoms with E-state index in [2.05, 4.69) is 64.4 Å². The third-order valence-electron chi connectivity index (χ3n) is 4.72. The maximum absolute atomic E-state index is 5.03. The van der Waals surface area contributed by atoms with E-state index in [0.29, 0.717) is 0 Å². The average molecular weight is 350 g/mol. The Labute approximate surface area is 152 Å². The average Bonchev–Trinajstić information content (AvgIpc) is 3.05. The van der Waals surface area contributed by atoms with Gasteiger partial charge in [-0.05, 0) is 43.4 Å². The SMILES string of the molecule is CCN=c1scc(-c2cccc3ccccc23)n1N=C1CCCCC1. The molecular weight excluding hydrogens is 326 g/mol. The Morgan fingerprint density at radius 1 is 1.00 bits per heavy atom. The molecule has 3 nitrogen and oxygen atoms in total. The first-order chi connectivity index (χ1) is 12.4. The zero-order valence-corrected chi connectivity index (χ0v) is 15.4. The molecule has 3 aromatic rings. The van der Waals surface area contributed by atoms with Gasteiger partial charge in [0.2, 0.25) is 4.80 Å². The van der Waals surface area contributed by atoms with Gasteiger partial charge in [-0.3, -0.25) is 4.99 Å². The molecule has 0 bridgehead atoms. The van der Waals surface area contributed by atoms with Crippen LogP contribution in [0.2, 0.25) is 0 Å². The summed E-state index contributed by atoms with van der Waals surface area (Å²) in [5.74, 6) is 0. The first-order valence-corrected chi connectivity index (χ1v) is 10.0. The molecule has 0 unspecified atom stereocenters. The molecule has 0 amide bonds. The monoisotopic (exact) mass is 349 g/mol. The minimum atomic E-state index is 0.778. The lowest BCUT2D eigenvalue weighted by Gasteiger charge is -2.14. The summed E-state index contributed by atoms with van der Waals surface area (Å²) < 4.78 is 2.08. The molecular formula is C21H23N3S. The van der Waals surface area contributed by atoms with Gasteiger partial charge >= 0.3 is 0 Å². The van der Waals surface area contributed by atoms with Crippen molar-refractivity contribution in [3.63, 3.8) is 0 Å². The molecule has 128 valence electrons. The first kappa shape index (κ1) is 16.3. The Morgan fingerprint density at radius 2 is 1.80 bits per heavy atom. The summed E-state index contributed by atoms with van der Waals surface area (Å²) in [6.45, 7) is 2.86. The van der Waals surface area contributed by atoms with Crippen LogP contribution in [0.5, 0.6) is 0 Å². The van der Waals surface area contributed by atoms with Crippen LogP contribution in [0.1, 0.15) is 39.0 Å². The molecule has 1 heterocycles. The molecule has 25 heavy (non-hydrogen) atoms. The third kappa shape index (κ3) is 3.31. The summed E-state index contributed by atoms with van der Waals surface area (Å²) in [6.07, 6.45) is 6.07. The molecule has 0 atom stereocenters. The highest BCUT2D eigenvalue weighted by molar-refractivity contribution is 7.07. The van der Waals surface area contributed by atoms with Crippen molar-refractivity contribution in [3.05, 3.63) is 52.6 Å². The number of thiazole rings is 1. The molecule has 1 aromatic heterocycles. The molecule has 0 spiro atoms. The zero-order chi connectivity index (χ0) is 17.1. The van der Waals surface area contributed by atoms with Gasteiger partial charge in [0.25, 0.3) is 0 Å². The standard InChI is InChI=1S/C21H23N3S/c1-2-22-21-24(23-17-11-4-3-5-12-17)20(15-25-21)19-14-8-10-16-9-6-7-13-18(16)19/h6-10,13-15H,2-5,11-12H2,1H3. The summed E-state index contributed by atoms with van der Waals surface area (Å²) in [4.78, 5) is 5.66. The number of fused-ring (bicyclic) bond motifs is 1. The fourth-order valence-corrected chi connectivity index (χ4v) is 4.36. The Hall–Kier alpha value is -2.20. The lowest BCUT2D eigenvalue weighted by Crippen LogP contribution is -2.16. The van der Waals surface area contributed by atoms with Gasteiger partial charge < -0.3 is 0 Å². The highest BCUT2D eigenvalue weighted by Gasteiger charge is 2.13. The zero-order valence-electron chi connectivity index (χ0n) is 14.6. The molecule has 1 aliphatic rings. The van der Waals surface area contributed by atoms with Crippen LogP contribution in [0.3, 0.4) is 0 Å². The number of benzene rings is 2. The second kappa shape index (κ2) is 7.36. The quantitative estimate of drug-likeness (QED) is 0.601. The van der Waals surface area contributed by atoms with E-state index in [-0.39, 0.29) is 0 Å². The van der Waals surface area contributed by atoms with Crippen molar-refractivity contribution in [2.75, 3.05) is 6.54 Å². The highest BCUT2D eigenvalue weighted by atomic mass is 32.1. The van der Waals surface area contributed by atoms with Crippen molar-refractivity contribution in [2.24, 2.45) is 10.1 Å². The lowest BCUT2D eigenvalue weighted by molar-refractivity contribution is 0.655. The minimum Gasteiger partial charge on any atom is -0.258 e. The summed E-state index contributed by atoms with van der Waals surface area (Å²) in [7, 11) is 0. The first-order valence-electron chi connectivity index (χ1n) is 9.12. The highest BCUT2D eigenvalue weighted by Crippen LogP contribution is 2.29. The van der Waals surface area contributed by atoms with Crippen LogP contribution >= 0.6 is 11.3 Å². The number of aromatic nitrogens is 1. The Balaban J connectivity index is 1.91. The van der Waals surface area contributed by atoms with Crippen LogP contribution < -0.4 is 4.80 Å². The summed E-state index contributed by atoms with van der Waals surface area (Å²) in [6, 6.07) is 15.0. The molecule has 1 fully saturated rings. The van der Waals surface area contributed by atoms with Crippen LogP contribution in [-0.4, -0.2) is 16.9 Å². The van der Waals surface area contributed by atoms with Crippen molar-refractivity contribution >= 4 is 27.8 Å². The molecule has 0 radical (unpaired) electrons. The number of rotatable bonds is 3. The second-order valence-electron chi connectivity index (χ2n) is 6.44. The topological polar surface area (TPSA) is 29.6 Å². The Bertz CT molecular complexity index is 965. The van der Waals surface area contributed by atoms with Crippen LogP contribution in [0.4, 0.5) is 0 Å². The molecule has 0 aliphatic heterocycles. The van der Waals surface area contributed by atoms with Gasteiger partial charge in [0.15, 0.2) is 0 Å². The maximum Gasteiger partial charge on any atom is 0.206 e. The van der Waals surface area contributed by atoms with Gasteiger partial charge in [0.05, 0.1) is 5.69 Å². The van der Waals surface area contributed by atoms with Crippen molar-refractivity contribution < 1.29 is 0 Å². The Kier molecular flexibility index (Phi) is 4.79. The van der Waals surface area contributed by atoms with Gasteiger partial charge in [0, 0.05) is 23.2 Å². The molecule has 4 rings (SSSR count). The summed E-state index contributed by atoms with van der Waals surface area (Å²) in [5.41, 5.74) is 3.68. The molecule has 1 saturated carbocycles. The van der Waals surface area contributed by atoms with E-state index >= 15 is 0 Å². The van der Waals surface area contributed by atoms with E-state index in [1.807, 2.05) is 0 Å². The van der Waals surface area contributed by atoms with Gasteiger partial charge in [-0.15, -0.1) is 11.3 Å². The van der Waals surface area contributed by atoms with Crippen LogP contribution in [-0.2, 0) is 0 Å². The molecule has 0 saturated heterocycles. The third-order valence-corrected chi connectivity index (χ3v) is 5.57. The van der Waals surface area contributed by atoms with E-state index < -0.39 is 0 Å². The van der Waals surface area contributed by atoms with Crippen LogP contribution in [0.15, 0.2) is 57.9 Å².